The third-order valence-electron chi connectivity index (χ3n) is 4.61. The van der Waals surface area contributed by atoms with Gasteiger partial charge in [0, 0.05) is 16.7 Å². The van der Waals surface area contributed by atoms with Crippen molar-refractivity contribution in [1.82, 2.24) is 0 Å². The molecule has 0 unspecified atom stereocenters. The van der Waals surface area contributed by atoms with Crippen LogP contribution in [0.15, 0.2) is 60.7 Å². The van der Waals surface area contributed by atoms with Crippen molar-refractivity contribution in [2.45, 2.75) is 33.1 Å². The summed E-state index contributed by atoms with van der Waals surface area (Å²) in [6.45, 7) is 3.87. The molecule has 3 aromatic carbocycles. The van der Waals surface area contributed by atoms with Crippen LogP contribution in [-0.4, -0.2) is 0 Å². The summed E-state index contributed by atoms with van der Waals surface area (Å²) in [5.74, 6) is 10.9. The number of hydrogen-bond acceptors (Lipinski definition) is 0. The van der Waals surface area contributed by atoms with E-state index in [2.05, 4.69) is 42.7 Å². The molecule has 0 atom stereocenters. The van der Waals surface area contributed by atoms with Crippen molar-refractivity contribution in [1.29, 1.82) is 0 Å². The van der Waals surface area contributed by atoms with E-state index in [1.807, 2.05) is 12.1 Å². The van der Waals surface area contributed by atoms with Gasteiger partial charge in [-0.05, 0) is 73.4 Å². The zero-order valence-corrected chi connectivity index (χ0v) is 16.7. The van der Waals surface area contributed by atoms with E-state index in [1.165, 1.54) is 30.5 Å². The highest BCUT2D eigenvalue weighted by molar-refractivity contribution is 5.49. The molecule has 29 heavy (non-hydrogen) atoms. The molecule has 0 spiro atoms. The predicted molar refractivity (Wildman–Crippen MR) is 115 cm³/mol. The number of halogens is 2. The Morgan fingerprint density at radius 1 is 0.690 bits per heavy atom. The van der Waals surface area contributed by atoms with Crippen LogP contribution >= 0.6 is 0 Å². The van der Waals surface area contributed by atoms with Crippen LogP contribution in [0.1, 0.15) is 53.1 Å². The summed E-state index contributed by atoms with van der Waals surface area (Å²) in [6, 6.07) is 17.6. The van der Waals surface area contributed by atoms with Crippen molar-refractivity contribution < 1.29 is 8.78 Å². The van der Waals surface area contributed by atoms with Gasteiger partial charge >= 0.3 is 0 Å². The molecule has 0 aliphatic rings. The summed E-state index contributed by atoms with van der Waals surface area (Å²) in [5, 5.41) is 0. The van der Waals surface area contributed by atoms with E-state index in [1.54, 1.807) is 31.2 Å². The van der Waals surface area contributed by atoms with Crippen LogP contribution in [0.2, 0.25) is 0 Å². The molecule has 0 nitrogen and oxygen atoms in total. The van der Waals surface area contributed by atoms with E-state index in [4.69, 9.17) is 0 Å². The molecule has 0 saturated carbocycles. The molecule has 0 aliphatic carbocycles. The lowest BCUT2D eigenvalue weighted by Crippen LogP contribution is -1.87. The predicted octanol–water partition coefficient (Wildman–Crippen LogP) is 6.42. The zero-order valence-electron chi connectivity index (χ0n) is 16.7. The summed E-state index contributed by atoms with van der Waals surface area (Å²) in [5.41, 5.74) is 4.12. The van der Waals surface area contributed by atoms with E-state index in [9.17, 15) is 8.78 Å². The Morgan fingerprint density at radius 3 is 1.90 bits per heavy atom. The van der Waals surface area contributed by atoms with E-state index in [0.29, 0.717) is 22.3 Å². The lowest BCUT2D eigenvalue weighted by molar-refractivity contribution is 0.618. The van der Waals surface area contributed by atoms with Gasteiger partial charge in [-0.15, -0.1) is 0 Å². The van der Waals surface area contributed by atoms with Gasteiger partial charge in [0.1, 0.15) is 11.6 Å². The molecule has 0 N–H and O–H groups in total. The first-order chi connectivity index (χ1) is 14.0. The molecule has 0 fully saturated rings. The van der Waals surface area contributed by atoms with Crippen LogP contribution in [-0.2, 0) is 6.42 Å². The molecule has 0 saturated heterocycles. The second-order valence-electron chi connectivity index (χ2n) is 6.96. The summed E-state index contributed by atoms with van der Waals surface area (Å²) in [6.07, 6.45) is 3.41. The molecule has 0 heterocycles. The maximum absolute atomic E-state index is 14.4. The highest BCUT2D eigenvalue weighted by Gasteiger charge is 2.01. The Morgan fingerprint density at radius 2 is 1.28 bits per heavy atom. The van der Waals surface area contributed by atoms with E-state index in [-0.39, 0.29) is 5.82 Å². The fourth-order valence-electron chi connectivity index (χ4n) is 2.78. The first kappa shape index (κ1) is 20.4. The first-order valence-electron chi connectivity index (χ1n) is 9.74. The number of hydrogen-bond donors (Lipinski definition) is 0. The Hall–Kier alpha value is -3.36. The highest BCUT2D eigenvalue weighted by atomic mass is 19.1. The maximum atomic E-state index is 14.4. The Labute approximate surface area is 171 Å². The van der Waals surface area contributed by atoms with Crippen LogP contribution in [0.4, 0.5) is 8.78 Å². The van der Waals surface area contributed by atoms with E-state index < -0.39 is 5.82 Å². The van der Waals surface area contributed by atoms with Crippen LogP contribution in [0.5, 0.6) is 0 Å². The summed E-state index contributed by atoms with van der Waals surface area (Å²) in [4.78, 5) is 0. The minimum atomic E-state index is -0.418. The van der Waals surface area contributed by atoms with Gasteiger partial charge in [0.15, 0.2) is 0 Å². The molecule has 0 amide bonds. The Kier molecular flexibility index (Phi) is 6.83. The van der Waals surface area contributed by atoms with Crippen molar-refractivity contribution in [3.63, 3.8) is 0 Å². The van der Waals surface area contributed by atoms with Gasteiger partial charge in [0.2, 0.25) is 0 Å². The Balaban J connectivity index is 1.73. The highest BCUT2D eigenvalue weighted by Crippen LogP contribution is 2.12. The van der Waals surface area contributed by atoms with Crippen LogP contribution in [0, 0.1) is 42.2 Å². The molecule has 0 aliphatic heterocycles. The molecule has 0 bridgehead atoms. The minimum Gasteiger partial charge on any atom is -0.207 e. The first-order valence-corrected chi connectivity index (χ1v) is 9.74. The van der Waals surface area contributed by atoms with E-state index in [0.717, 1.165) is 12.0 Å². The standard InChI is InChI=1S/C27H22F2/c1-3-4-5-21-8-10-22(11-9-21)14-16-25-17-15-24(19-27(25)29)13-12-23-7-6-20(2)26(28)18-23/h6-11,15,17-19H,3-5H2,1-2H3. The maximum Gasteiger partial charge on any atom is 0.140 e. The van der Waals surface area contributed by atoms with Crippen LogP contribution in [0.25, 0.3) is 0 Å². The van der Waals surface area contributed by atoms with Gasteiger partial charge in [-0.1, -0.05) is 55.2 Å². The van der Waals surface area contributed by atoms with Crippen molar-refractivity contribution in [3.05, 3.63) is 106 Å². The number of unbranched alkanes of at least 4 members (excludes halogenated alkanes) is 1. The molecular weight excluding hydrogens is 362 g/mol. The topological polar surface area (TPSA) is 0 Å². The van der Waals surface area contributed by atoms with Crippen molar-refractivity contribution in [2.24, 2.45) is 0 Å². The van der Waals surface area contributed by atoms with Crippen LogP contribution < -0.4 is 0 Å². The SMILES string of the molecule is CCCCc1ccc(C#Cc2ccc(C#Cc3ccc(C)c(F)c3)cc2F)cc1. The average molecular weight is 384 g/mol. The molecule has 3 aromatic rings. The smallest absolute Gasteiger partial charge is 0.140 e. The molecule has 3 rings (SSSR count). The van der Waals surface area contributed by atoms with Gasteiger partial charge in [0.05, 0.1) is 5.56 Å². The quantitative estimate of drug-likeness (QED) is 0.457. The third-order valence-corrected chi connectivity index (χ3v) is 4.61. The van der Waals surface area contributed by atoms with Gasteiger partial charge in [-0.3, -0.25) is 0 Å². The molecule has 0 radical (unpaired) electrons. The largest absolute Gasteiger partial charge is 0.207 e. The van der Waals surface area contributed by atoms with E-state index >= 15 is 0 Å². The zero-order chi connectivity index (χ0) is 20.6. The minimum absolute atomic E-state index is 0.299. The molecule has 144 valence electrons. The fraction of sp³-hybridized carbons (Fsp3) is 0.185. The average Bonchev–Trinajstić information content (AvgIpc) is 2.73. The van der Waals surface area contributed by atoms with Gasteiger partial charge in [-0.2, -0.15) is 0 Å². The van der Waals surface area contributed by atoms with Crippen molar-refractivity contribution in [3.8, 4) is 23.7 Å². The molecule has 2 heteroatoms. The molecular formula is C27H22F2. The number of benzene rings is 3. The second kappa shape index (κ2) is 9.72. The summed E-state index contributed by atoms with van der Waals surface area (Å²) >= 11 is 0. The summed E-state index contributed by atoms with van der Waals surface area (Å²) < 4.78 is 27.9. The van der Waals surface area contributed by atoms with Gasteiger partial charge in [0.25, 0.3) is 0 Å². The second-order valence-corrected chi connectivity index (χ2v) is 6.96. The fourth-order valence-corrected chi connectivity index (χ4v) is 2.78. The van der Waals surface area contributed by atoms with Gasteiger partial charge < -0.3 is 0 Å². The van der Waals surface area contributed by atoms with Crippen molar-refractivity contribution in [2.75, 3.05) is 0 Å². The third kappa shape index (κ3) is 5.81. The number of rotatable bonds is 3. The normalized spacial score (nSPS) is 9.93. The summed E-state index contributed by atoms with van der Waals surface area (Å²) in [7, 11) is 0. The van der Waals surface area contributed by atoms with Gasteiger partial charge in [-0.25, -0.2) is 8.78 Å². The number of aryl methyl sites for hydroxylation is 2. The van der Waals surface area contributed by atoms with Crippen LogP contribution in [0.3, 0.4) is 0 Å². The monoisotopic (exact) mass is 384 g/mol. The molecule has 0 aromatic heterocycles. The lowest BCUT2D eigenvalue weighted by Gasteiger charge is -1.99. The lowest BCUT2D eigenvalue weighted by atomic mass is 10.1. The Bertz CT molecular complexity index is 1120. The van der Waals surface area contributed by atoms with Crippen molar-refractivity contribution >= 4 is 0 Å².